The lowest BCUT2D eigenvalue weighted by atomic mass is 10.1. The van der Waals surface area contributed by atoms with Crippen LogP contribution in [-0.4, -0.2) is 55.4 Å². The maximum absolute atomic E-state index is 11.0. The highest BCUT2D eigenvalue weighted by Crippen LogP contribution is 2.31. The number of ether oxygens (including phenoxy) is 3. The first-order valence-electron chi connectivity index (χ1n) is 4.88. The highest BCUT2D eigenvalue weighted by Gasteiger charge is 2.52. The lowest BCUT2D eigenvalue weighted by Gasteiger charge is -2.21. The second-order valence-electron chi connectivity index (χ2n) is 3.80. The van der Waals surface area contributed by atoms with E-state index in [1.165, 1.54) is 14.0 Å². The van der Waals surface area contributed by atoms with Gasteiger partial charge in [0.25, 0.3) is 0 Å². The molecular formula is C9H15NO5. The Morgan fingerprint density at radius 2 is 2.27 bits per heavy atom. The van der Waals surface area contributed by atoms with Gasteiger partial charge in [-0.05, 0) is 0 Å². The highest BCUT2D eigenvalue weighted by atomic mass is 16.7. The van der Waals surface area contributed by atoms with E-state index < -0.39 is 18.5 Å². The Kier molecular flexibility index (Phi) is 2.92. The van der Waals surface area contributed by atoms with Gasteiger partial charge in [-0.25, -0.2) is 0 Å². The molecule has 2 N–H and O–H groups in total. The van der Waals surface area contributed by atoms with Crippen molar-refractivity contribution in [2.75, 3.05) is 13.7 Å². The molecule has 0 aromatic carbocycles. The summed E-state index contributed by atoms with van der Waals surface area (Å²) in [5.74, 6) is -0.170. The average Bonchev–Trinajstić information content (AvgIpc) is 2.68. The number of hydrogen-bond donors (Lipinski definition) is 2. The molecule has 86 valence electrons. The number of aliphatic hydroxyl groups is 1. The zero-order valence-corrected chi connectivity index (χ0v) is 8.67. The fourth-order valence-electron chi connectivity index (χ4n) is 2.08. The Morgan fingerprint density at radius 1 is 1.53 bits per heavy atom. The second kappa shape index (κ2) is 4.05. The number of aliphatic hydroxyl groups excluding tert-OH is 1. The molecule has 0 saturated carbocycles. The van der Waals surface area contributed by atoms with E-state index in [1.807, 2.05) is 0 Å². The molecule has 15 heavy (non-hydrogen) atoms. The quantitative estimate of drug-likeness (QED) is 0.596. The van der Waals surface area contributed by atoms with Gasteiger partial charge in [0.05, 0.1) is 6.61 Å². The zero-order chi connectivity index (χ0) is 11.0. The molecule has 2 saturated heterocycles. The summed E-state index contributed by atoms with van der Waals surface area (Å²) in [5, 5.41) is 12.3. The van der Waals surface area contributed by atoms with E-state index in [4.69, 9.17) is 14.2 Å². The van der Waals surface area contributed by atoms with Gasteiger partial charge < -0.3 is 24.6 Å². The van der Waals surface area contributed by atoms with Gasteiger partial charge in [-0.1, -0.05) is 0 Å². The van der Waals surface area contributed by atoms with Crippen LogP contribution in [0.25, 0.3) is 0 Å². The van der Waals surface area contributed by atoms with Gasteiger partial charge >= 0.3 is 0 Å². The molecule has 6 nitrogen and oxygen atoms in total. The number of carbonyl (C=O) groups excluding carboxylic acids is 1. The van der Waals surface area contributed by atoms with Crippen LogP contribution >= 0.6 is 0 Å². The van der Waals surface area contributed by atoms with E-state index in [1.54, 1.807) is 0 Å². The molecule has 6 heteroatoms. The van der Waals surface area contributed by atoms with E-state index in [0.29, 0.717) is 0 Å². The highest BCUT2D eigenvalue weighted by molar-refractivity contribution is 5.73. The number of methoxy groups -OCH3 is 1. The van der Waals surface area contributed by atoms with Gasteiger partial charge in [-0.15, -0.1) is 0 Å². The van der Waals surface area contributed by atoms with Gasteiger partial charge in [-0.3, -0.25) is 4.79 Å². The van der Waals surface area contributed by atoms with Crippen LogP contribution in [0.2, 0.25) is 0 Å². The fourth-order valence-corrected chi connectivity index (χ4v) is 2.08. The van der Waals surface area contributed by atoms with Crippen LogP contribution in [0.5, 0.6) is 0 Å². The number of amides is 1. The molecule has 5 atom stereocenters. The molecule has 2 aliphatic rings. The molecule has 0 unspecified atom stereocenters. The molecule has 2 aliphatic heterocycles. The van der Waals surface area contributed by atoms with Crippen LogP contribution in [0.15, 0.2) is 0 Å². The van der Waals surface area contributed by atoms with Gasteiger partial charge in [0, 0.05) is 14.0 Å². The first-order chi connectivity index (χ1) is 7.13. The number of hydrogen-bond acceptors (Lipinski definition) is 5. The Bertz CT molecular complexity index is 259. The minimum Gasteiger partial charge on any atom is -0.388 e. The van der Waals surface area contributed by atoms with Crippen molar-refractivity contribution in [2.45, 2.75) is 37.6 Å². The fraction of sp³-hybridized carbons (Fsp3) is 0.889. The minimum atomic E-state index is -0.647. The molecule has 2 rings (SSSR count). The topological polar surface area (TPSA) is 77.0 Å². The number of carbonyl (C=O) groups is 1. The van der Waals surface area contributed by atoms with E-state index in [0.717, 1.165) is 0 Å². The molecular weight excluding hydrogens is 202 g/mol. The Morgan fingerprint density at radius 3 is 2.87 bits per heavy atom. The van der Waals surface area contributed by atoms with Gasteiger partial charge in [0.15, 0.2) is 6.29 Å². The van der Waals surface area contributed by atoms with Crippen LogP contribution in [0.4, 0.5) is 0 Å². The zero-order valence-electron chi connectivity index (χ0n) is 8.67. The summed E-state index contributed by atoms with van der Waals surface area (Å²) in [6.45, 7) is 1.66. The third-order valence-electron chi connectivity index (χ3n) is 2.70. The number of nitrogens with one attached hydrogen (secondary N) is 1. The molecule has 0 aliphatic carbocycles. The third-order valence-corrected chi connectivity index (χ3v) is 2.70. The van der Waals surface area contributed by atoms with Gasteiger partial charge in [0.1, 0.15) is 24.4 Å². The maximum atomic E-state index is 11.0. The number of fused-ring (bicyclic) bond motifs is 1. The average molecular weight is 217 g/mol. The summed E-state index contributed by atoms with van der Waals surface area (Å²) in [7, 11) is 1.49. The lowest BCUT2D eigenvalue weighted by Crippen LogP contribution is -2.47. The summed E-state index contributed by atoms with van der Waals surface area (Å²) < 4.78 is 15.9. The van der Waals surface area contributed by atoms with Crippen LogP contribution in [-0.2, 0) is 19.0 Å². The molecule has 1 amide bonds. The van der Waals surface area contributed by atoms with Crippen molar-refractivity contribution in [3.05, 3.63) is 0 Å². The van der Waals surface area contributed by atoms with E-state index in [-0.39, 0.29) is 24.7 Å². The Hall–Kier alpha value is -0.690. The third kappa shape index (κ3) is 1.85. The van der Waals surface area contributed by atoms with E-state index in [2.05, 4.69) is 5.32 Å². The molecule has 2 heterocycles. The lowest BCUT2D eigenvalue weighted by molar-refractivity contribution is -0.146. The van der Waals surface area contributed by atoms with Gasteiger partial charge in [-0.2, -0.15) is 0 Å². The summed E-state index contributed by atoms with van der Waals surface area (Å²) in [6, 6.07) is -0.352. The molecule has 0 aromatic heterocycles. The standard InChI is InChI=1S/C9H15NO5/c1-4(11)10-6-8-7(5(12)3-14-8)15-9(6)13-2/h5-9,12H,3H2,1-2H3,(H,10,11)/t5-,6+,7-,8-,9-/m1/s1. The minimum absolute atomic E-state index is 0.170. The van der Waals surface area contributed by atoms with Crippen LogP contribution < -0.4 is 5.32 Å². The van der Waals surface area contributed by atoms with Crippen molar-refractivity contribution in [3.63, 3.8) is 0 Å². The van der Waals surface area contributed by atoms with Crippen molar-refractivity contribution in [2.24, 2.45) is 0 Å². The summed E-state index contributed by atoms with van der Waals surface area (Å²) in [6.07, 6.45) is -1.94. The Balaban J connectivity index is 2.09. The largest absolute Gasteiger partial charge is 0.388 e. The Labute approximate surface area is 87.5 Å². The molecule has 0 bridgehead atoms. The summed E-state index contributed by atoms with van der Waals surface area (Å²) in [5.41, 5.74) is 0. The van der Waals surface area contributed by atoms with Crippen molar-refractivity contribution in [1.82, 2.24) is 5.32 Å². The molecule has 0 radical (unpaired) electrons. The van der Waals surface area contributed by atoms with E-state index >= 15 is 0 Å². The van der Waals surface area contributed by atoms with Gasteiger partial charge in [0.2, 0.25) is 5.91 Å². The van der Waals surface area contributed by atoms with Crippen LogP contribution in [0.1, 0.15) is 6.92 Å². The normalized spacial score (nSPS) is 44.1. The first-order valence-corrected chi connectivity index (χ1v) is 4.88. The van der Waals surface area contributed by atoms with Crippen molar-refractivity contribution < 1.29 is 24.1 Å². The molecule has 0 spiro atoms. The van der Waals surface area contributed by atoms with Crippen molar-refractivity contribution in [3.8, 4) is 0 Å². The summed E-state index contributed by atoms with van der Waals surface area (Å²) >= 11 is 0. The summed E-state index contributed by atoms with van der Waals surface area (Å²) in [4.78, 5) is 11.0. The predicted octanol–water partition coefficient (Wildman–Crippen LogP) is -1.38. The maximum Gasteiger partial charge on any atom is 0.217 e. The predicted molar refractivity (Wildman–Crippen MR) is 49.0 cm³/mol. The SMILES string of the molecule is CO[C@@H]1O[C@H]2[C@H](OC[C@H]2O)[C@@H]1NC(C)=O. The number of rotatable bonds is 2. The van der Waals surface area contributed by atoms with Crippen LogP contribution in [0, 0.1) is 0 Å². The molecule has 2 fully saturated rings. The molecule has 0 aromatic rings. The monoisotopic (exact) mass is 217 g/mol. The van der Waals surface area contributed by atoms with Crippen LogP contribution in [0.3, 0.4) is 0 Å². The van der Waals surface area contributed by atoms with Crippen molar-refractivity contribution >= 4 is 5.91 Å². The van der Waals surface area contributed by atoms with E-state index in [9.17, 15) is 9.90 Å². The smallest absolute Gasteiger partial charge is 0.217 e. The first kappa shape index (κ1) is 10.8. The van der Waals surface area contributed by atoms with Crippen molar-refractivity contribution in [1.29, 1.82) is 0 Å². The second-order valence-corrected chi connectivity index (χ2v) is 3.80.